The van der Waals surface area contributed by atoms with E-state index in [1.165, 1.54) is 0 Å². The van der Waals surface area contributed by atoms with Crippen LogP contribution in [0.2, 0.25) is 0 Å². The third-order valence-corrected chi connectivity index (χ3v) is 6.94. The van der Waals surface area contributed by atoms with E-state index in [4.69, 9.17) is 0 Å². The molecular weight excluding hydrogens is 439 g/mol. The van der Waals surface area contributed by atoms with Crippen molar-refractivity contribution in [3.8, 4) is 11.1 Å². The highest BCUT2D eigenvalue weighted by atomic mass is 32.2. The number of imide groups is 1. The number of aromatic nitrogens is 1. The van der Waals surface area contributed by atoms with Crippen LogP contribution in [0, 0.1) is 5.82 Å². The second kappa shape index (κ2) is 8.96. The summed E-state index contributed by atoms with van der Waals surface area (Å²) in [5, 5.41) is 2.66. The topological polar surface area (TPSA) is 65.5 Å². The number of pyridine rings is 1. The summed E-state index contributed by atoms with van der Waals surface area (Å²) >= 11 is 0.872. The second-order valence-electron chi connectivity index (χ2n) is 8.07. The van der Waals surface area contributed by atoms with Gasteiger partial charge >= 0.3 is 0 Å². The molecule has 0 unspecified atom stereocenters. The largest absolute Gasteiger partial charge is 0.369 e. The Morgan fingerprint density at radius 1 is 1.06 bits per heavy atom. The van der Waals surface area contributed by atoms with Crippen LogP contribution in [0.4, 0.5) is 14.9 Å². The van der Waals surface area contributed by atoms with Crippen LogP contribution < -0.4 is 10.2 Å². The molecule has 2 aliphatic heterocycles. The zero-order valence-electron chi connectivity index (χ0n) is 18.2. The number of fused-ring (bicyclic) bond motifs is 1. The Morgan fingerprint density at radius 2 is 1.88 bits per heavy atom. The molecule has 2 saturated heterocycles. The molecule has 0 radical (unpaired) electrons. The molecule has 2 aliphatic rings. The van der Waals surface area contributed by atoms with Crippen LogP contribution in [-0.2, 0) is 4.79 Å². The lowest BCUT2D eigenvalue weighted by Crippen LogP contribution is -2.46. The number of piperazine rings is 1. The molecule has 0 bridgehead atoms. The van der Waals surface area contributed by atoms with E-state index in [0.717, 1.165) is 72.2 Å². The van der Waals surface area contributed by atoms with Crippen molar-refractivity contribution in [2.24, 2.45) is 0 Å². The number of carbonyl (C=O) groups is 2. The maximum atomic E-state index is 15.3. The Labute approximate surface area is 195 Å². The lowest BCUT2D eigenvalue weighted by Gasteiger charge is -2.35. The van der Waals surface area contributed by atoms with Gasteiger partial charge in [-0.2, -0.15) is 0 Å². The summed E-state index contributed by atoms with van der Waals surface area (Å²) in [6, 6.07) is 12.8. The Hall–Kier alpha value is -3.23. The molecule has 0 aliphatic carbocycles. The molecule has 168 valence electrons. The highest BCUT2D eigenvalue weighted by Gasteiger charge is 2.25. The Morgan fingerprint density at radius 3 is 2.58 bits per heavy atom. The van der Waals surface area contributed by atoms with Crippen molar-refractivity contribution < 1.29 is 14.0 Å². The SMILES string of the molecule is CCN1CCN(c2ccc(-c3ccnc4ccc(C=C5SC(=O)NC5=O)cc34)c(F)c2)CC1. The van der Waals surface area contributed by atoms with Gasteiger partial charge < -0.3 is 9.80 Å². The van der Waals surface area contributed by atoms with Crippen LogP contribution in [0.25, 0.3) is 28.1 Å². The molecule has 0 saturated carbocycles. The van der Waals surface area contributed by atoms with Crippen molar-refractivity contribution in [1.29, 1.82) is 0 Å². The number of benzene rings is 2. The van der Waals surface area contributed by atoms with Gasteiger partial charge in [-0.25, -0.2) is 4.39 Å². The Balaban J connectivity index is 1.49. The molecule has 6 nitrogen and oxygen atoms in total. The zero-order valence-corrected chi connectivity index (χ0v) is 19.0. The van der Waals surface area contributed by atoms with Gasteiger partial charge in [-0.1, -0.05) is 13.0 Å². The molecule has 0 spiro atoms. The first kappa shape index (κ1) is 21.6. The third kappa shape index (κ3) is 4.36. The smallest absolute Gasteiger partial charge is 0.290 e. The molecule has 3 heterocycles. The van der Waals surface area contributed by atoms with Crippen molar-refractivity contribution in [1.82, 2.24) is 15.2 Å². The fraction of sp³-hybridized carbons (Fsp3) is 0.240. The quantitative estimate of drug-likeness (QED) is 0.576. The number of amides is 2. The first-order valence-electron chi connectivity index (χ1n) is 10.9. The highest BCUT2D eigenvalue weighted by Crippen LogP contribution is 2.33. The molecule has 3 aromatic rings. The minimum Gasteiger partial charge on any atom is -0.369 e. The molecular formula is C25H23FN4O2S. The van der Waals surface area contributed by atoms with Crippen molar-refractivity contribution in [3.05, 3.63) is 64.9 Å². The second-order valence-corrected chi connectivity index (χ2v) is 9.09. The van der Waals surface area contributed by atoms with Gasteiger partial charge in [-0.05, 0) is 71.9 Å². The van der Waals surface area contributed by atoms with E-state index in [9.17, 15) is 9.59 Å². The summed E-state index contributed by atoms with van der Waals surface area (Å²) < 4.78 is 15.3. The van der Waals surface area contributed by atoms with Gasteiger partial charge in [0.25, 0.3) is 11.1 Å². The van der Waals surface area contributed by atoms with E-state index >= 15 is 4.39 Å². The number of nitrogens with zero attached hydrogens (tertiary/aromatic N) is 3. The maximum absolute atomic E-state index is 15.3. The molecule has 33 heavy (non-hydrogen) atoms. The molecule has 2 aromatic carbocycles. The first-order chi connectivity index (χ1) is 16.0. The van der Waals surface area contributed by atoms with Crippen molar-refractivity contribution in [2.45, 2.75) is 6.92 Å². The monoisotopic (exact) mass is 462 g/mol. The minimum absolute atomic E-state index is 0.280. The predicted molar refractivity (Wildman–Crippen MR) is 131 cm³/mol. The van der Waals surface area contributed by atoms with E-state index < -0.39 is 5.91 Å². The average molecular weight is 463 g/mol. The molecule has 2 fully saturated rings. The summed E-state index contributed by atoms with van der Waals surface area (Å²) in [5.74, 6) is -0.684. The van der Waals surface area contributed by atoms with E-state index in [2.05, 4.69) is 27.0 Å². The number of halogens is 1. The lowest BCUT2D eigenvalue weighted by atomic mass is 9.98. The highest BCUT2D eigenvalue weighted by molar-refractivity contribution is 8.18. The zero-order chi connectivity index (χ0) is 22.9. The molecule has 2 amide bonds. The van der Waals surface area contributed by atoms with Crippen LogP contribution in [0.3, 0.4) is 0 Å². The van der Waals surface area contributed by atoms with Crippen LogP contribution in [0.5, 0.6) is 0 Å². The van der Waals surface area contributed by atoms with Gasteiger partial charge in [0.2, 0.25) is 0 Å². The van der Waals surface area contributed by atoms with Gasteiger partial charge in [0.1, 0.15) is 5.82 Å². The van der Waals surface area contributed by atoms with Gasteiger partial charge in [0.15, 0.2) is 0 Å². The van der Waals surface area contributed by atoms with Crippen molar-refractivity contribution >= 4 is 45.6 Å². The fourth-order valence-electron chi connectivity index (χ4n) is 4.30. The number of thioether (sulfide) groups is 1. The number of anilines is 1. The number of hydrogen-bond acceptors (Lipinski definition) is 6. The van der Waals surface area contributed by atoms with Gasteiger partial charge in [-0.15, -0.1) is 0 Å². The van der Waals surface area contributed by atoms with Crippen LogP contribution >= 0.6 is 11.8 Å². The van der Waals surface area contributed by atoms with Crippen LogP contribution in [-0.4, -0.2) is 53.8 Å². The Kier molecular flexibility index (Phi) is 5.86. The van der Waals surface area contributed by atoms with E-state index in [-0.39, 0.29) is 11.1 Å². The number of likely N-dealkylation sites (N-methyl/N-ethyl adjacent to an activating group) is 1. The molecule has 1 N–H and O–H groups in total. The predicted octanol–water partition coefficient (Wildman–Crippen LogP) is 4.51. The maximum Gasteiger partial charge on any atom is 0.290 e. The first-order valence-corrected chi connectivity index (χ1v) is 11.7. The molecule has 5 rings (SSSR count). The van der Waals surface area contributed by atoms with Crippen LogP contribution in [0.15, 0.2) is 53.6 Å². The summed E-state index contributed by atoms with van der Waals surface area (Å²) in [4.78, 5) is 32.7. The fourth-order valence-corrected chi connectivity index (χ4v) is 4.98. The van der Waals surface area contributed by atoms with E-state index in [1.807, 2.05) is 30.3 Å². The minimum atomic E-state index is -0.405. The molecule has 8 heteroatoms. The molecule has 0 atom stereocenters. The standard InChI is InChI=1S/C25H23FN4O2S/c1-2-29-9-11-30(12-10-29)17-4-5-19(21(26)15-17)18-7-8-27-22-6-3-16(13-20(18)22)14-23-24(31)28-25(32)33-23/h3-8,13-15H,2,9-12H2,1H3,(H,28,31,32). The van der Waals surface area contributed by atoms with Crippen molar-refractivity contribution in [3.63, 3.8) is 0 Å². The van der Waals surface area contributed by atoms with Crippen molar-refractivity contribution in [2.75, 3.05) is 37.6 Å². The third-order valence-electron chi connectivity index (χ3n) is 6.13. The van der Waals surface area contributed by atoms with Gasteiger partial charge in [0, 0.05) is 49.0 Å². The summed E-state index contributed by atoms with van der Waals surface area (Å²) in [6.07, 6.45) is 3.34. The van der Waals surface area contributed by atoms with Crippen LogP contribution in [0.1, 0.15) is 12.5 Å². The van der Waals surface area contributed by atoms with Gasteiger partial charge in [0.05, 0.1) is 10.4 Å². The number of nitrogens with one attached hydrogen (secondary N) is 1. The number of rotatable bonds is 4. The summed E-state index contributed by atoms with van der Waals surface area (Å²) in [7, 11) is 0. The van der Waals surface area contributed by atoms with E-state index in [0.29, 0.717) is 10.5 Å². The number of hydrogen-bond donors (Lipinski definition) is 1. The normalized spacial score (nSPS) is 18.4. The summed E-state index contributed by atoms with van der Waals surface area (Å²) in [6.45, 7) is 6.93. The molecule has 1 aromatic heterocycles. The lowest BCUT2D eigenvalue weighted by molar-refractivity contribution is -0.115. The van der Waals surface area contributed by atoms with Gasteiger partial charge in [-0.3, -0.25) is 19.9 Å². The number of carbonyl (C=O) groups excluding carboxylic acids is 2. The average Bonchev–Trinajstić information content (AvgIpc) is 3.15. The van der Waals surface area contributed by atoms with E-state index in [1.54, 1.807) is 24.4 Å². The summed E-state index contributed by atoms with van der Waals surface area (Å²) in [5.41, 5.74) is 3.61. The Bertz CT molecular complexity index is 1280.